The molecule has 21 heavy (non-hydrogen) atoms. The van der Waals surface area contributed by atoms with Crippen molar-refractivity contribution in [2.24, 2.45) is 5.92 Å². The number of aromatic nitrogens is 3. The van der Waals surface area contributed by atoms with Gasteiger partial charge in [-0.05, 0) is 37.5 Å². The molecule has 2 aromatic heterocycles. The number of anilines is 1. The number of rotatable bonds is 4. The lowest BCUT2D eigenvalue weighted by Crippen LogP contribution is -2.30. The zero-order valence-corrected chi connectivity index (χ0v) is 11.6. The molecule has 1 aliphatic carbocycles. The fourth-order valence-electron chi connectivity index (χ4n) is 2.79. The zero-order chi connectivity index (χ0) is 14.7. The van der Waals surface area contributed by atoms with E-state index in [4.69, 9.17) is 5.11 Å². The number of carboxylic acids is 1. The van der Waals surface area contributed by atoms with Gasteiger partial charge in [0.2, 0.25) is 0 Å². The van der Waals surface area contributed by atoms with E-state index in [0.29, 0.717) is 6.42 Å². The second-order valence-electron chi connectivity index (χ2n) is 5.40. The van der Waals surface area contributed by atoms with Crippen molar-refractivity contribution in [2.75, 3.05) is 5.32 Å². The van der Waals surface area contributed by atoms with Crippen molar-refractivity contribution in [1.29, 1.82) is 0 Å². The third-order valence-corrected chi connectivity index (χ3v) is 3.88. The third-order valence-electron chi connectivity index (χ3n) is 3.88. The predicted molar refractivity (Wildman–Crippen MR) is 78.4 cm³/mol. The molecule has 1 aliphatic rings. The molecule has 0 bridgehead atoms. The summed E-state index contributed by atoms with van der Waals surface area (Å²) in [6.45, 7) is 0. The molecule has 2 aromatic rings. The highest BCUT2D eigenvalue weighted by atomic mass is 16.4. The Hall–Kier alpha value is -2.37. The Morgan fingerprint density at radius 1 is 1.38 bits per heavy atom. The Bertz CT molecular complexity index is 595. The van der Waals surface area contributed by atoms with Crippen LogP contribution >= 0.6 is 0 Å². The van der Waals surface area contributed by atoms with Crippen molar-refractivity contribution in [3.8, 4) is 5.82 Å². The first kappa shape index (κ1) is 13.6. The SMILES string of the molecule is O=C(O)C1CCCC(Nc2ccc(-n3cccn3)nc2)C1. The number of nitrogens with one attached hydrogen (secondary N) is 1. The van der Waals surface area contributed by atoms with E-state index >= 15 is 0 Å². The second-order valence-corrected chi connectivity index (χ2v) is 5.40. The molecule has 2 N–H and O–H groups in total. The fourth-order valence-corrected chi connectivity index (χ4v) is 2.79. The summed E-state index contributed by atoms with van der Waals surface area (Å²) in [4.78, 5) is 15.4. The van der Waals surface area contributed by atoms with Crippen LogP contribution in [0.15, 0.2) is 36.8 Å². The summed E-state index contributed by atoms with van der Waals surface area (Å²) in [5.74, 6) is -0.154. The minimum absolute atomic E-state index is 0.206. The average Bonchev–Trinajstić information content (AvgIpc) is 3.02. The van der Waals surface area contributed by atoms with Gasteiger partial charge in [0.1, 0.15) is 0 Å². The molecule has 0 saturated heterocycles. The van der Waals surface area contributed by atoms with Gasteiger partial charge in [0.15, 0.2) is 5.82 Å². The largest absolute Gasteiger partial charge is 0.481 e. The van der Waals surface area contributed by atoms with Crippen molar-refractivity contribution < 1.29 is 9.90 Å². The lowest BCUT2D eigenvalue weighted by atomic mass is 9.86. The molecule has 1 saturated carbocycles. The van der Waals surface area contributed by atoms with Gasteiger partial charge in [0.25, 0.3) is 0 Å². The number of aliphatic carboxylic acids is 1. The summed E-state index contributed by atoms with van der Waals surface area (Å²) >= 11 is 0. The zero-order valence-electron chi connectivity index (χ0n) is 11.6. The summed E-state index contributed by atoms with van der Waals surface area (Å²) in [5, 5.41) is 16.6. The normalized spacial score (nSPS) is 21.9. The number of hydrogen-bond donors (Lipinski definition) is 2. The van der Waals surface area contributed by atoms with Crippen LogP contribution in [0.2, 0.25) is 0 Å². The van der Waals surface area contributed by atoms with Gasteiger partial charge in [0, 0.05) is 18.4 Å². The van der Waals surface area contributed by atoms with Crippen molar-refractivity contribution in [2.45, 2.75) is 31.7 Å². The standard InChI is InChI=1S/C15H18N4O2/c20-15(21)11-3-1-4-12(9-11)18-13-5-6-14(16-10-13)19-8-2-7-17-19/h2,5-8,10-12,18H,1,3-4,9H2,(H,20,21). The van der Waals surface area contributed by atoms with Gasteiger partial charge in [0.05, 0.1) is 17.8 Å². The molecular weight excluding hydrogens is 268 g/mol. The smallest absolute Gasteiger partial charge is 0.306 e. The van der Waals surface area contributed by atoms with Gasteiger partial charge >= 0.3 is 5.97 Å². The van der Waals surface area contributed by atoms with Crippen molar-refractivity contribution in [1.82, 2.24) is 14.8 Å². The molecule has 0 aliphatic heterocycles. The summed E-state index contributed by atoms with van der Waals surface area (Å²) in [6, 6.07) is 5.90. The minimum Gasteiger partial charge on any atom is -0.481 e. The lowest BCUT2D eigenvalue weighted by Gasteiger charge is -2.28. The summed E-state index contributed by atoms with van der Waals surface area (Å²) in [6.07, 6.45) is 8.73. The molecule has 6 nitrogen and oxygen atoms in total. The number of nitrogens with zero attached hydrogens (tertiary/aromatic N) is 3. The fraction of sp³-hybridized carbons (Fsp3) is 0.400. The predicted octanol–water partition coefficient (Wildman–Crippen LogP) is 2.32. The Morgan fingerprint density at radius 2 is 2.29 bits per heavy atom. The quantitative estimate of drug-likeness (QED) is 0.901. The highest BCUT2D eigenvalue weighted by Gasteiger charge is 2.26. The van der Waals surface area contributed by atoms with Gasteiger partial charge < -0.3 is 10.4 Å². The van der Waals surface area contributed by atoms with E-state index in [1.807, 2.05) is 24.4 Å². The maximum absolute atomic E-state index is 11.1. The molecule has 0 aromatic carbocycles. The lowest BCUT2D eigenvalue weighted by molar-refractivity contribution is -0.142. The van der Waals surface area contributed by atoms with Gasteiger partial charge in [-0.15, -0.1) is 0 Å². The monoisotopic (exact) mass is 286 g/mol. The van der Waals surface area contributed by atoms with E-state index in [-0.39, 0.29) is 12.0 Å². The topological polar surface area (TPSA) is 80.0 Å². The number of carbonyl (C=O) groups is 1. The average molecular weight is 286 g/mol. The summed E-state index contributed by atoms with van der Waals surface area (Å²) in [7, 11) is 0. The van der Waals surface area contributed by atoms with Crippen LogP contribution in [0.25, 0.3) is 5.82 Å². The number of pyridine rings is 1. The van der Waals surface area contributed by atoms with Gasteiger partial charge in [-0.25, -0.2) is 9.67 Å². The molecule has 2 unspecified atom stereocenters. The van der Waals surface area contributed by atoms with Gasteiger partial charge in [-0.2, -0.15) is 5.10 Å². The molecule has 0 radical (unpaired) electrons. The molecule has 0 spiro atoms. The van der Waals surface area contributed by atoms with Crippen LogP contribution in [-0.4, -0.2) is 31.9 Å². The van der Waals surface area contributed by atoms with E-state index in [1.165, 1.54) is 0 Å². The van der Waals surface area contributed by atoms with Crippen LogP contribution in [0.4, 0.5) is 5.69 Å². The van der Waals surface area contributed by atoms with E-state index in [9.17, 15) is 4.79 Å². The Kier molecular flexibility index (Phi) is 3.85. The third kappa shape index (κ3) is 3.21. The van der Waals surface area contributed by atoms with E-state index < -0.39 is 5.97 Å². The Balaban J connectivity index is 1.64. The van der Waals surface area contributed by atoms with Crippen LogP contribution in [0, 0.1) is 5.92 Å². The maximum Gasteiger partial charge on any atom is 0.306 e. The second kappa shape index (κ2) is 5.95. The molecule has 0 amide bonds. The van der Waals surface area contributed by atoms with Crippen LogP contribution in [0.5, 0.6) is 0 Å². The molecule has 6 heteroatoms. The van der Waals surface area contributed by atoms with Gasteiger partial charge in [-0.3, -0.25) is 4.79 Å². The van der Waals surface area contributed by atoms with Crippen LogP contribution < -0.4 is 5.32 Å². The molecule has 2 heterocycles. The molecule has 3 rings (SSSR count). The highest BCUT2D eigenvalue weighted by molar-refractivity contribution is 5.70. The highest BCUT2D eigenvalue weighted by Crippen LogP contribution is 2.26. The maximum atomic E-state index is 11.1. The number of carboxylic acid groups (broad SMARTS) is 1. The van der Waals surface area contributed by atoms with Crippen molar-refractivity contribution >= 4 is 11.7 Å². The minimum atomic E-state index is -0.686. The first-order valence-electron chi connectivity index (χ1n) is 7.18. The molecule has 1 fully saturated rings. The van der Waals surface area contributed by atoms with Crippen LogP contribution in [0.3, 0.4) is 0 Å². The van der Waals surface area contributed by atoms with E-state index in [1.54, 1.807) is 17.1 Å². The van der Waals surface area contributed by atoms with Crippen LogP contribution in [-0.2, 0) is 4.79 Å². The van der Waals surface area contributed by atoms with Crippen LogP contribution in [0.1, 0.15) is 25.7 Å². The van der Waals surface area contributed by atoms with E-state index in [0.717, 1.165) is 30.8 Å². The molecule has 110 valence electrons. The van der Waals surface area contributed by atoms with Crippen molar-refractivity contribution in [3.63, 3.8) is 0 Å². The Labute approximate surface area is 122 Å². The number of hydrogen-bond acceptors (Lipinski definition) is 4. The first-order chi connectivity index (χ1) is 10.2. The molecule has 2 atom stereocenters. The molecular formula is C15H18N4O2. The first-order valence-corrected chi connectivity index (χ1v) is 7.18. The van der Waals surface area contributed by atoms with Gasteiger partial charge in [-0.1, -0.05) is 6.42 Å². The Morgan fingerprint density at radius 3 is 2.95 bits per heavy atom. The summed E-state index contributed by atoms with van der Waals surface area (Å²) in [5.41, 5.74) is 0.918. The van der Waals surface area contributed by atoms with E-state index in [2.05, 4.69) is 15.4 Å². The van der Waals surface area contributed by atoms with Crippen molar-refractivity contribution in [3.05, 3.63) is 36.8 Å². The summed E-state index contributed by atoms with van der Waals surface area (Å²) < 4.78 is 1.70.